The second-order valence-electron chi connectivity index (χ2n) is 5.41. The summed E-state index contributed by atoms with van der Waals surface area (Å²) >= 11 is 0. The first-order chi connectivity index (χ1) is 8.00. The fourth-order valence-electron chi connectivity index (χ4n) is 2.58. The summed E-state index contributed by atoms with van der Waals surface area (Å²) in [6, 6.07) is 2.93. The van der Waals surface area contributed by atoms with Gasteiger partial charge in [0.15, 0.2) is 0 Å². The van der Waals surface area contributed by atoms with E-state index in [2.05, 4.69) is 42.1 Å². The van der Waals surface area contributed by atoms with Crippen molar-refractivity contribution in [3.63, 3.8) is 0 Å². The van der Waals surface area contributed by atoms with Gasteiger partial charge in [-0.25, -0.2) is 0 Å². The number of rotatable bonds is 4. The van der Waals surface area contributed by atoms with Crippen molar-refractivity contribution in [2.45, 2.75) is 38.8 Å². The summed E-state index contributed by atoms with van der Waals surface area (Å²) in [6.07, 6.45) is 1.19. The zero-order valence-corrected chi connectivity index (χ0v) is 11.7. The molecule has 2 unspecified atom stereocenters. The fraction of sp³-hybridized carbons (Fsp3) is 0.923. The number of nitriles is 1. The van der Waals surface area contributed by atoms with Crippen LogP contribution < -0.4 is 5.32 Å². The van der Waals surface area contributed by atoms with Crippen molar-refractivity contribution in [3.05, 3.63) is 0 Å². The fourth-order valence-corrected chi connectivity index (χ4v) is 2.58. The molecule has 1 N–H and O–H groups in total. The second kappa shape index (κ2) is 6.34. The molecule has 0 aliphatic carbocycles. The Hall–Kier alpha value is -0.630. The number of nitrogens with one attached hydrogen (secondary N) is 1. The van der Waals surface area contributed by atoms with Crippen LogP contribution in [0.3, 0.4) is 0 Å². The molecule has 0 bridgehead atoms. The molecule has 1 rings (SSSR count). The van der Waals surface area contributed by atoms with Gasteiger partial charge in [0.25, 0.3) is 0 Å². The van der Waals surface area contributed by atoms with E-state index in [0.29, 0.717) is 6.04 Å². The van der Waals surface area contributed by atoms with Gasteiger partial charge in [-0.15, -0.1) is 0 Å². The van der Waals surface area contributed by atoms with Crippen LogP contribution in [0.4, 0.5) is 0 Å². The van der Waals surface area contributed by atoms with Gasteiger partial charge in [-0.3, -0.25) is 10.2 Å². The summed E-state index contributed by atoms with van der Waals surface area (Å²) in [5, 5.41) is 12.6. The summed E-state index contributed by atoms with van der Waals surface area (Å²) in [5.74, 6) is 0. The Kier molecular flexibility index (Phi) is 5.38. The highest BCUT2D eigenvalue weighted by molar-refractivity contribution is 5.06. The van der Waals surface area contributed by atoms with Crippen LogP contribution in [0.1, 0.15) is 27.2 Å². The average Bonchev–Trinajstić information content (AvgIpc) is 2.41. The molecule has 1 heterocycles. The van der Waals surface area contributed by atoms with Crippen LogP contribution in [0.2, 0.25) is 0 Å². The van der Waals surface area contributed by atoms with E-state index in [1.165, 1.54) is 6.42 Å². The Balaban J connectivity index is 2.62. The molecule has 2 atom stereocenters. The molecule has 0 aromatic carbocycles. The van der Waals surface area contributed by atoms with Crippen LogP contribution in [-0.4, -0.2) is 61.2 Å². The maximum atomic E-state index is 9.31. The topological polar surface area (TPSA) is 42.3 Å². The molecular formula is C13H26N4. The van der Waals surface area contributed by atoms with Crippen LogP contribution in [0.25, 0.3) is 0 Å². The van der Waals surface area contributed by atoms with Crippen molar-refractivity contribution < 1.29 is 0 Å². The second-order valence-corrected chi connectivity index (χ2v) is 5.41. The summed E-state index contributed by atoms with van der Waals surface area (Å²) < 4.78 is 0. The molecule has 17 heavy (non-hydrogen) atoms. The molecule has 0 aromatic heterocycles. The Bertz CT molecular complexity index is 273. The molecule has 1 aliphatic heterocycles. The van der Waals surface area contributed by atoms with E-state index in [-0.39, 0.29) is 0 Å². The molecule has 1 aliphatic rings. The number of hydrogen-bond acceptors (Lipinski definition) is 4. The van der Waals surface area contributed by atoms with Gasteiger partial charge in [0.1, 0.15) is 5.54 Å². The van der Waals surface area contributed by atoms with E-state index in [1.54, 1.807) is 0 Å². The third-order valence-corrected chi connectivity index (χ3v) is 3.52. The summed E-state index contributed by atoms with van der Waals surface area (Å²) in [5.41, 5.74) is -0.425. The van der Waals surface area contributed by atoms with Crippen molar-refractivity contribution >= 4 is 0 Å². The first kappa shape index (κ1) is 14.4. The molecule has 1 saturated heterocycles. The van der Waals surface area contributed by atoms with Crippen molar-refractivity contribution in [3.8, 4) is 6.07 Å². The smallest absolute Gasteiger partial charge is 0.116 e. The lowest BCUT2D eigenvalue weighted by Crippen LogP contribution is -2.53. The van der Waals surface area contributed by atoms with E-state index in [9.17, 15) is 5.26 Å². The molecule has 0 aromatic rings. The van der Waals surface area contributed by atoms with Crippen LogP contribution >= 0.6 is 0 Å². The van der Waals surface area contributed by atoms with Gasteiger partial charge in [-0.2, -0.15) is 5.26 Å². The van der Waals surface area contributed by atoms with Crippen LogP contribution in [0, 0.1) is 11.3 Å². The van der Waals surface area contributed by atoms with Gasteiger partial charge >= 0.3 is 0 Å². The van der Waals surface area contributed by atoms with Gasteiger partial charge in [0, 0.05) is 19.1 Å². The van der Waals surface area contributed by atoms with Gasteiger partial charge in [0.05, 0.1) is 6.07 Å². The SMILES string of the molecule is CCNC(C)(C#N)CN1CCCN(C)CC1C. The van der Waals surface area contributed by atoms with Crippen LogP contribution in [0.5, 0.6) is 0 Å². The third kappa shape index (κ3) is 4.27. The number of hydrogen-bond donors (Lipinski definition) is 1. The van der Waals surface area contributed by atoms with Gasteiger partial charge in [-0.1, -0.05) is 6.92 Å². The summed E-state index contributed by atoms with van der Waals surface area (Å²) in [6.45, 7) is 11.3. The molecule has 98 valence electrons. The zero-order valence-electron chi connectivity index (χ0n) is 11.7. The standard InChI is InChI=1S/C13H26N4/c1-5-15-13(3,10-14)11-17-8-6-7-16(4)9-12(17)2/h12,15H,5-9,11H2,1-4H3. The normalized spacial score (nSPS) is 27.1. The predicted molar refractivity (Wildman–Crippen MR) is 70.8 cm³/mol. The molecule has 1 fully saturated rings. The van der Waals surface area contributed by atoms with Crippen molar-refractivity contribution in [2.24, 2.45) is 0 Å². The monoisotopic (exact) mass is 238 g/mol. The molecular weight excluding hydrogens is 212 g/mol. The highest BCUT2D eigenvalue weighted by atomic mass is 15.2. The average molecular weight is 238 g/mol. The minimum Gasteiger partial charge on any atom is -0.305 e. The molecule has 0 amide bonds. The van der Waals surface area contributed by atoms with Gasteiger partial charge in [0.2, 0.25) is 0 Å². The lowest BCUT2D eigenvalue weighted by molar-refractivity contribution is 0.168. The van der Waals surface area contributed by atoms with E-state index in [1.807, 2.05) is 6.92 Å². The Morgan fingerprint density at radius 1 is 1.47 bits per heavy atom. The van der Waals surface area contributed by atoms with E-state index in [4.69, 9.17) is 0 Å². The van der Waals surface area contributed by atoms with E-state index >= 15 is 0 Å². The lowest BCUT2D eigenvalue weighted by atomic mass is 10.0. The highest BCUT2D eigenvalue weighted by Crippen LogP contribution is 2.13. The maximum absolute atomic E-state index is 9.31. The first-order valence-electron chi connectivity index (χ1n) is 6.59. The van der Waals surface area contributed by atoms with Crippen molar-refractivity contribution in [2.75, 3.05) is 39.8 Å². The van der Waals surface area contributed by atoms with Crippen molar-refractivity contribution in [1.82, 2.24) is 15.1 Å². The molecule has 0 radical (unpaired) electrons. The quantitative estimate of drug-likeness (QED) is 0.790. The highest BCUT2D eigenvalue weighted by Gasteiger charge is 2.29. The third-order valence-electron chi connectivity index (χ3n) is 3.52. The Labute approximate surface area is 106 Å². The van der Waals surface area contributed by atoms with Crippen LogP contribution in [0.15, 0.2) is 0 Å². The minimum absolute atomic E-state index is 0.425. The number of likely N-dealkylation sites (N-methyl/N-ethyl adjacent to an activating group) is 2. The van der Waals surface area contributed by atoms with Gasteiger partial charge < -0.3 is 4.90 Å². The molecule has 0 spiro atoms. The predicted octanol–water partition coefficient (Wildman–Crippen LogP) is 0.904. The van der Waals surface area contributed by atoms with Crippen LogP contribution in [-0.2, 0) is 0 Å². The maximum Gasteiger partial charge on any atom is 0.116 e. The Morgan fingerprint density at radius 3 is 2.76 bits per heavy atom. The van der Waals surface area contributed by atoms with Gasteiger partial charge in [-0.05, 0) is 47.0 Å². The minimum atomic E-state index is -0.425. The first-order valence-corrected chi connectivity index (χ1v) is 6.59. The lowest BCUT2D eigenvalue weighted by Gasteiger charge is -2.34. The molecule has 0 saturated carbocycles. The van der Waals surface area contributed by atoms with E-state index < -0.39 is 5.54 Å². The number of nitrogens with zero attached hydrogens (tertiary/aromatic N) is 3. The largest absolute Gasteiger partial charge is 0.305 e. The summed E-state index contributed by atoms with van der Waals surface area (Å²) in [4.78, 5) is 4.82. The summed E-state index contributed by atoms with van der Waals surface area (Å²) in [7, 11) is 2.17. The van der Waals surface area contributed by atoms with Crippen molar-refractivity contribution in [1.29, 1.82) is 5.26 Å². The molecule has 4 nitrogen and oxygen atoms in total. The Morgan fingerprint density at radius 2 is 2.18 bits per heavy atom. The zero-order chi connectivity index (χ0) is 12.9. The molecule has 4 heteroatoms. The van der Waals surface area contributed by atoms with E-state index in [0.717, 1.165) is 32.7 Å².